The summed E-state index contributed by atoms with van der Waals surface area (Å²) < 4.78 is 21.3. The fraction of sp³-hybridized carbons (Fsp3) is 0.333. The summed E-state index contributed by atoms with van der Waals surface area (Å²) in [5, 5.41) is 7.88. The van der Waals surface area contributed by atoms with Gasteiger partial charge in [-0.05, 0) is 18.6 Å². The van der Waals surface area contributed by atoms with E-state index >= 15 is 0 Å². The van der Waals surface area contributed by atoms with E-state index < -0.39 is 10.0 Å². The zero-order valence-electron chi connectivity index (χ0n) is 8.03. The first-order chi connectivity index (χ1) is 6.49. The third kappa shape index (κ3) is 3.76. The highest BCUT2D eigenvalue weighted by atomic mass is 32.2. The lowest BCUT2D eigenvalue weighted by atomic mass is 10.2. The van der Waals surface area contributed by atoms with Crippen molar-refractivity contribution in [2.24, 2.45) is 5.14 Å². The minimum Gasteiger partial charge on any atom is -0.384 e. The molecule has 1 aromatic carbocycles. The Bertz CT molecular complexity index is 401. The maximum Gasteiger partial charge on any atom is 0.210 e. The summed E-state index contributed by atoms with van der Waals surface area (Å²) in [7, 11) is -3.37. The molecule has 0 fully saturated rings. The van der Waals surface area contributed by atoms with Crippen molar-refractivity contribution in [1.82, 2.24) is 0 Å². The third-order valence-corrected chi connectivity index (χ3v) is 2.62. The molecule has 1 rings (SSSR count). The van der Waals surface area contributed by atoms with Gasteiger partial charge in [-0.15, -0.1) is 0 Å². The van der Waals surface area contributed by atoms with Gasteiger partial charge in [-0.3, -0.25) is 0 Å². The molecule has 0 heterocycles. The predicted molar refractivity (Wildman–Crippen MR) is 57.6 cm³/mol. The van der Waals surface area contributed by atoms with Crippen LogP contribution in [0.4, 0.5) is 5.69 Å². The normalized spacial score (nSPS) is 11.3. The lowest BCUT2D eigenvalue weighted by Gasteiger charge is -2.07. The van der Waals surface area contributed by atoms with E-state index in [1.807, 2.05) is 31.2 Å². The molecule has 0 aliphatic heterocycles. The van der Waals surface area contributed by atoms with E-state index in [0.29, 0.717) is 6.54 Å². The number of benzene rings is 1. The van der Waals surface area contributed by atoms with Crippen LogP contribution in [0.5, 0.6) is 0 Å². The van der Waals surface area contributed by atoms with Gasteiger partial charge in [-0.2, -0.15) is 0 Å². The number of hydrogen-bond donors (Lipinski definition) is 2. The van der Waals surface area contributed by atoms with E-state index in [4.69, 9.17) is 5.14 Å². The number of primary sulfonamides is 1. The molecule has 78 valence electrons. The highest BCUT2D eigenvalue weighted by molar-refractivity contribution is 7.89. The zero-order valence-corrected chi connectivity index (χ0v) is 8.84. The standard InChI is InChI=1S/C9H14N2O2S/c1-8-4-2-3-5-9(8)11-6-7-14(10,12)13/h2-5,11H,6-7H2,1H3,(H2,10,12,13). The van der Waals surface area contributed by atoms with Gasteiger partial charge in [0.05, 0.1) is 5.75 Å². The van der Waals surface area contributed by atoms with E-state index in [1.54, 1.807) is 0 Å². The molecule has 14 heavy (non-hydrogen) atoms. The number of hydrogen-bond acceptors (Lipinski definition) is 3. The van der Waals surface area contributed by atoms with Crippen LogP contribution >= 0.6 is 0 Å². The highest BCUT2D eigenvalue weighted by Crippen LogP contribution is 2.12. The minimum atomic E-state index is -3.37. The summed E-state index contributed by atoms with van der Waals surface area (Å²) in [6, 6.07) is 7.68. The summed E-state index contributed by atoms with van der Waals surface area (Å²) in [6.45, 7) is 2.29. The first kappa shape index (κ1) is 11.0. The SMILES string of the molecule is Cc1ccccc1NCCS(N)(=O)=O. The Hall–Kier alpha value is -1.07. The van der Waals surface area contributed by atoms with Crippen LogP contribution in [0.2, 0.25) is 0 Å². The average molecular weight is 214 g/mol. The maximum atomic E-state index is 10.6. The number of sulfonamides is 1. The fourth-order valence-corrected chi connectivity index (χ4v) is 1.49. The number of para-hydroxylation sites is 1. The number of nitrogens with two attached hydrogens (primary N) is 1. The predicted octanol–water partition coefficient (Wildman–Crippen LogP) is 0.695. The van der Waals surface area contributed by atoms with Crippen molar-refractivity contribution in [3.63, 3.8) is 0 Å². The van der Waals surface area contributed by atoms with Gasteiger partial charge < -0.3 is 5.32 Å². The van der Waals surface area contributed by atoms with Crippen LogP contribution in [0.25, 0.3) is 0 Å². The molecule has 0 atom stereocenters. The lowest BCUT2D eigenvalue weighted by molar-refractivity contribution is 0.598. The first-order valence-electron chi connectivity index (χ1n) is 4.29. The molecule has 0 saturated carbocycles. The van der Waals surface area contributed by atoms with E-state index in [1.165, 1.54) is 0 Å². The van der Waals surface area contributed by atoms with Crippen LogP contribution in [0.1, 0.15) is 5.56 Å². The smallest absolute Gasteiger partial charge is 0.210 e. The molecule has 0 bridgehead atoms. The van der Waals surface area contributed by atoms with Crippen molar-refractivity contribution in [3.8, 4) is 0 Å². The summed E-state index contributed by atoms with van der Waals surface area (Å²) in [5.74, 6) is -0.0542. The highest BCUT2D eigenvalue weighted by Gasteiger charge is 2.02. The Balaban J connectivity index is 2.51. The molecule has 0 aromatic heterocycles. The van der Waals surface area contributed by atoms with Crippen molar-refractivity contribution in [3.05, 3.63) is 29.8 Å². The second-order valence-electron chi connectivity index (χ2n) is 3.11. The summed E-state index contributed by atoms with van der Waals surface area (Å²) in [6.07, 6.45) is 0. The van der Waals surface area contributed by atoms with E-state index in [-0.39, 0.29) is 5.75 Å². The zero-order chi connectivity index (χ0) is 10.6. The molecule has 0 spiro atoms. The van der Waals surface area contributed by atoms with E-state index in [9.17, 15) is 8.42 Å². The fourth-order valence-electron chi connectivity index (χ4n) is 1.10. The van der Waals surface area contributed by atoms with Crippen LogP contribution < -0.4 is 10.5 Å². The Labute approximate surface area is 84.2 Å². The van der Waals surface area contributed by atoms with Crippen molar-refractivity contribution >= 4 is 15.7 Å². The van der Waals surface area contributed by atoms with Crippen LogP contribution in [-0.2, 0) is 10.0 Å². The molecule has 0 saturated heterocycles. The van der Waals surface area contributed by atoms with Gasteiger partial charge in [0.1, 0.15) is 0 Å². The van der Waals surface area contributed by atoms with E-state index in [2.05, 4.69) is 5.32 Å². The molecule has 0 aliphatic carbocycles. The molecular weight excluding hydrogens is 200 g/mol. The number of anilines is 1. The second kappa shape index (κ2) is 4.43. The Morgan fingerprint density at radius 2 is 2.00 bits per heavy atom. The quantitative estimate of drug-likeness (QED) is 0.774. The third-order valence-electron chi connectivity index (χ3n) is 1.85. The molecule has 4 nitrogen and oxygen atoms in total. The van der Waals surface area contributed by atoms with Gasteiger partial charge in [0, 0.05) is 12.2 Å². The molecule has 0 amide bonds. The van der Waals surface area contributed by atoms with Crippen molar-refractivity contribution in [1.29, 1.82) is 0 Å². The van der Waals surface area contributed by atoms with Gasteiger partial charge in [0.2, 0.25) is 10.0 Å². The average Bonchev–Trinajstić information content (AvgIpc) is 2.06. The van der Waals surface area contributed by atoms with E-state index in [0.717, 1.165) is 11.3 Å². The molecule has 0 aliphatic rings. The molecule has 0 radical (unpaired) electrons. The summed E-state index contributed by atoms with van der Waals surface area (Å²) in [4.78, 5) is 0. The monoisotopic (exact) mass is 214 g/mol. The largest absolute Gasteiger partial charge is 0.384 e. The number of nitrogens with one attached hydrogen (secondary N) is 1. The molecule has 5 heteroatoms. The van der Waals surface area contributed by atoms with Crippen molar-refractivity contribution in [2.75, 3.05) is 17.6 Å². The van der Waals surface area contributed by atoms with Gasteiger partial charge in [0.15, 0.2) is 0 Å². The van der Waals surface area contributed by atoms with Crippen molar-refractivity contribution in [2.45, 2.75) is 6.92 Å². The Kier molecular flexibility index (Phi) is 3.49. The maximum absolute atomic E-state index is 10.6. The van der Waals surface area contributed by atoms with Gasteiger partial charge >= 0.3 is 0 Å². The molecule has 0 unspecified atom stereocenters. The Morgan fingerprint density at radius 1 is 1.36 bits per heavy atom. The van der Waals surface area contributed by atoms with Crippen LogP contribution in [0.15, 0.2) is 24.3 Å². The number of aryl methyl sites for hydroxylation is 1. The van der Waals surface area contributed by atoms with Gasteiger partial charge in [-0.1, -0.05) is 18.2 Å². The van der Waals surface area contributed by atoms with Gasteiger partial charge in [-0.25, -0.2) is 13.6 Å². The summed E-state index contributed by atoms with van der Waals surface area (Å²) >= 11 is 0. The molecular formula is C9H14N2O2S. The van der Waals surface area contributed by atoms with Crippen molar-refractivity contribution < 1.29 is 8.42 Å². The number of rotatable bonds is 4. The molecule has 3 N–H and O–H groups in total. The molecule has 1 aromatic rings. The topological polar surface area (TPSA) is 72.2 Å². The summed E-state index contributed by atoms with van der Waals surface area (Å²) in [5.41, 5.74) is 2.03. The Morgan fingerprint density at radius 3 is 2.57 bits per heavy atom. The first-order valence-corrected chi connectivity index (χ1v) is 6.00. The second-order valence-corrected chi connectivity index (χ2v) is 4.84. The van der Waals surface area contributed by atoms with Crippen LogP contribution in [0.3, 0.4) is 0 Å². The minimum absolute atomic E-state index is 0.0542. The van der Waals surface area contributed by atoms with Crippen LogP contribution in [-0.4, -0.2) is 20.7 Å². The lowest BCUT2D eigenvalue weighted by Crippen LogP contribution is -2.22. The van der Waals surface area contributed by atoms with Gasteiger partial charge in [0.25, 0.3) is 0 Å². The van der Waals surface area contributed by atoms with Crippen LogP contribution in [0, 0.1) is 6.92 Å².